The molecule has 1 aliphatic rings. The van der Waals surface area contributed by atoms with Crippen molar-refractivity contribution in [2.75, 3.05) is 44.2 Å². The molecular weight excluding hydrogens is 458 g/mol. The SMILES string of the molecule is Cc1ccccc1C(=O)c1cc(CNCCN2CCN(c3ccc(Cl)cc3)CC2)nn1C(C)(C)C. The Bertz CT molecular complexity index is 1140. The van der Waals surface area contributed by atoms with Crippen LogP contribution in [0.15, 0.2) is 54.6 Å². The summed E-state index contributed by atoms with van der Waals surface area (Å²) in [4.78, 5) is 18.2. The van der Waals surface area contributed by atoms with Crippen molar-refractivity contribution in [3.63, 3.8) is 0 Å². The molecule has 0 unspecified atom stereocenters. The lowest BCUT2D eigenvalue weighted by Crippen LogP contribution is -2.48. The van der Waals surface area contributed by atoms with Gasteiger partial charge in [-0.3, -0.25) is 14.4 Å². The van der Waals surface area contributed by atoms with Gasteiger partial charge in [0.2, 0.25) is 5.78 Å². The number of benzene rings is 2. The van der Waals surface area contributed by atoms with Gasteiger partial charge in [-0.2, -0.15) is 5.10 Å². The number of anilines is 1. The molecule has 35 heavy (non-hydrogen) atoms. The maximum atomic E-state index is 13.3. The van der Waals surface area contributed by atoms with Crippen LogP contribution in [0.2, 0.25) is 5.02 Å². The van der Waals surface area contributed by atoms with Crippen LogP contribution in [0.25, 0.3) is 0 Å². The van der Waals surface area contributed by atoms with Crippen LogP contribution in [0.3, 0.4) is 0 Å². The molecule has 0 radical (unpaired) electrons. The second kappa shape index (κ2) is 10.9. The largest absolute Gasteiger partial charge is 0.369 e. The van der Waals surface area contributed by atoms with E-state index in [-0.39, 0.29) is 11.3 Å². The van der Waals surface area contributed by atoms with Crippen molar-refractivity contribution >= 4 is 23.1 Å². The first-order valence-corrected chi connectivity index (χ1v) is 12.7. The van der Waals surface area contributed by atoms with Gasteiger partial charge < -0.3 is 10.2 Å². The number of hydrogen-bond donors (Lipinski definition) is 1. The molecule has 0 atom stereocenters. The molecule has 186 valence electrons. The number of carbonyl (C=O) groups excluding carboxylic acids is 1. The first-order valence-electron chi connectivity index (χ1n) is 12.4. The highest BCUT2D eigenvalue weighted by Crippen LogP contribution is 2.22. The summed E-state index contributed by atoms with van der Waals surface area (Å²) >= 11 is 6.01. The van der Waals surface area contributed by atoms with Gasteiger partial charge in [0, 0.05) is 62.1 Å². The molecule has 1 N–H and O–H groups in total. The number of aryl methyl sites for hydroxylation is 1. The quantitative estimate of drug-likeness (QED) is 0.363. The van der Waals surface area contributed by atoms with Gasteiger partial charge in [-0.25, -0.2) is 0 Å². The number of nitrogens with one attached hydrogen (secondary N) is 1. The molecule has 1 fully saturated rings. The first kappa shape index (κ1) is 25.4. The number of piperazine rings is 1. The molecule has 4 rings (SSSR count). The van der Waals surface area contributed by atoms with Crippen molar-refractivity contribution in [2.45, 2.75) is 39.8 Å². The van der Waals surface area contributed by atoms with Crippen molar-refractivity contribution in [1.29, 1.82) is 0 Å². The zero-order chi connectivity index (χ0) is 25.0. The van der Waals surface area contributed by atoms with Gasteiger partial charge in [-0.05, 0) is 63.6 Å². The molecule has 0 saturated carbocycles. The van der Waals surface area contributed by atoms with Gasteiger partial charge >= 0.3 is 0 Å². The Kier molecular flexibility index (Phi) is 7.95. The Morgan fingerprint density at radius 2 is 1.71 bits per heavy atom. The summed E-state index contributed by atoms with van der Waals surface area (Å²) in [7, 11) is 0. The van der Waals surface area contributed by atoms with Gasteiger partial charge in [-0.15, -0.1) is 0 Å². The zero-order valence-electron chi connectivity index (χ0n) is 21.2. The second-order valence-electron chi connectivity index (χ2n) is 10.2. The minimum atomic E-state index is -0.282. The first-order chi connectivity index (χ1) is 16.7. The molecule has 1 saturated heterocycles. The lowest BCUT2D eigenvalue weighted by Gasteiger charge is -2.36. The molecule has 1 aromatic heterocycles. The highest BCUT2D eigenvalue weighted by atomic mass is 35.5. The lowest BCUT2D eigenvalue weighted by molar-refractivity contribution is 0.102. The number of nitrogens with zero attached hydrogens (tertiary/aromatic N) is 4. The Labute approximate surface area is 213 Å². The molecule has 6 nitrogen and oxygen atoms in total. The van der Waals surface area contributed by atoms with E-state index in [2.05, 4.69) is 48.0 Å². The van der Waals surface area contributed by atoms with Crippen molar-refractivity contribution in [1.82, 2.24) is 20.0 Å². The summed E-state index contributed by atoms with van der Waals surface area (Å²) in [6, 6.07) is 17.8. The summed E-state index contributed by atoms with van der Waals surface area (Å²) in [5.74, 6) is 0.0235. The van der Waals surface area contributed by atoms with E-state index in [1.807, 2.05) is 54.1 Å². The summed E-state index contributed by atoms with van der Waals surface area (Å²) in [6.07, 6.45) is 0. The van der Waals surface area contributed by atoms with Gasteiger partial charge in [0.05, 0.1) is 11.2 Å². The minimum absolute atomic E-state index is 0.0235. The van der Waals surface area contributed by atoms with Crippen LogP contribution in [-0.4, -0.2) is 59.7 Å². The third-order valence-corrected chi connectivity index (χ3v) is 6.74. The number of ketones is 1. The fraction of sp³-hybridized carbons (Fsp3) is 0.429. The maximum Gasteiger partial charge on any atom is 0.211 e. The van der Waals surface area contributed by atoms with Crippen LogP contribution in [0.1, 0.15) is 48.1 Å². The fourth-order valence-electron chi connectivity index (χ4n) is 4.49. The van der Waals surface area contributed by atoms with Gasteiger partial charge in [0.1, 0.15) is 5.69 Å². The Hall–Kier alpha value is -2.67. The van der Waals surface area contributed by atoms with E-state index in [9.17, 15) is 4.79 Å². The van der Waals surface area contributed by atoms with E-state index in [1.165, 1.54) is 5.69 Å². The predicted molar refractivity (Wildman–Crippen MR) is 144 cm³/mol. The summed E-state index contributed by atoms with van der Waals surface area (Å²) < 4.78 is 1.87. The van der Waals surface area contributed by atoms with Gasteiger partial charge in [0.25, 0.3) is 0 Å². The van der Waals surface area contributed by atoms with E-state index >= 15 is 0 Å². The fourth-order valence-corrected chi connectivity index (χ4v) is 4.62. The number of carbonyl (C=O) groups is 1. The molecular formula is C28H36ClN5O. The molecule has 7 heteroatoms. The second-order valence-corrected chi connectivity index (χ2v) is 10.7. The number of halogens is 1. The van der Waals surface area contributed by atoms with E-state index in [4.69, 9.17) is 16.7 Å². The standard InChI is InChI=1S/C28H36ClN5O/c1-21-7-5-6-8-25(21)27(35)26-19-23(31-34(26)28(2,3)4)20-30-13-14-32-15-17-33(18-16-32)24-11-9-22(29)10-12-24/h5-12,19,30H,13-18,20H2,1-4H3. The Balaban J connectivity index is 1.30. The number of hydrogen-bond acceptors (Lipinski definition) is 5. The predicted octanol–water partition coefficient (Wildman–Crippen LogP) is 4.74. The third-order valence-electron chi connectivity index (χ3n) is 6.49. The molecule has 3 aromatic rings. The number of aromatic nitrogens is 2. The highest BCUT2D eigenvalue weighted by Gasteiger charge is 2.25. The molecule has 2 heterocycles. The monoisotopic (exact) mass is 493 g/mol. The van der Waals surface area contributed by atoms with Crippen molar-refractivity contribution in [3.8, 4) is 0 Å². The normalized spacial score (nSPS) is 14.9. The number of rotatable bonds is 8. The van der Waals surface area contributed by atoms with Crippen LogP contribution < -0.4 is 10.2 Å². The van der Waals surface area contributed by atoms with Crippen LogP contribution in [-0.2, 0) is 12.1 Å². The van der Waals surface area contributed by atoms with Crippen LogP contribution in [0.5, 0.6) is 0 Å². The van der Waals surface area contributed by atoms with Crippen LogP contribution in [0.4, 0.5) is 5.69 Å². The summed E-state index contributed by atoms with van der Waals surface area (Å²) in [5.41, 5.74) is 4.20. The minimum Gasteiger partial charge on any atom is -0.369 e. The summed E-state index contributed by atoms with van der Waals surface area (Å²) in [6.45, 7) is 14.8. The zero-order valence-corrected chi connectivity index (χ0v) is 22.0. The maximum absolute atomic E-state index is 13.3. The van der Waals surface area contributed by atoms with Gasteiger partial charge in [0.15, 0.2) is 0 Å². The highest BCUT2D eigenvalue weighted by molar-refractivity contribution is 6.30. The van der Waals surface area contributed by atoms with Crippen molar-refractivity contribution < 1.29 is 4.79 Å². The van der Waals surface area contributed by atoms with Crippen molar-refractivity contribution in [3.05, 3.63) is 82.1 Å². The molecule has 0 bridgehead atoms. The molecule has 1 aliphatic heterocycles. The van der Waals surface area contributed by atoms with E-state index in [0.29, 0.717) is 12.2 Å². The van der Waals surface area contributed by atoms with Crippen LogP contribution in [0, 0.1) is 6.92 Å². The third kappa shape index (κ3) is 6.31. The smallest absolute Gasteiger partial charge is 0.211 e. The van der Waals surface area contributed by atoms with E-state index in [1.54, 1.807) is 0 Å². The van der Waals surface area contributed by atoms with Crippen LogP contribution >= 0.6 is 11.6 Å². The Morgan fingerprint density at radius 1 is 1.03 bits per heavy atom. The molecule has 2 aromatic carbocycles. The lowest BCUT2D eigenvalue weighted by atomic mass is 10.0. The molecule has 0 spiro atoms. The molecule has 0 amide bonds. The molecule has 0 aliphatic carbocycles. The average molecular weight is 494 g/mol. The van der Waals surface area contributed by atoms with E-state index in [0.717, 1.165) is 61.1 Å². The topological polar surface area (TPSA) is 53.4 Å². The van der Waals surface area contributed by atoms with E-state index < -0.39 is 0 Å². The average Bonchev–Trinajstić information content (AvgIpc) is 3.28. The Morgan fingerprint density at radius 3 is 2.37 bits per heavy atom. The summed E-state index contributed by atoms with van der Waals surface area (Å²) in [5, 5.41) is 9.09. The van der Waals surface area contributed by atoms with Crippen molar-refractivity contribution in [2.24, 2.45) is 0 Å². The van der Waals surface area contributed by atoms with Gasteiger partial charge in [-0.1, -0.05) is 35.9 Å².